The Balaban J connectivity index is 1.94. The van der Waals surface area contributed by atoms with Gasteiger partial charge in [0.2, 0.25) is 5.91 Å². The molecule has 2 rings (SSSR count). The van der Waals surface area contributed by atoms with E-state index in [9.17, 15) is 14.4 Å². The van der Waals surface area contributed by atoms with Gasteiger partial charge in [0.15, 0.2) is 6.61 Å². The van der Waals surface area contributed by atoms with Crippen molar-refractivity contribution in [3.8, 4) is 0 Å². The Morgan fingerprint density at radius 1 is 1.16 bits per heavy atom. The molecule has 6 heteroatoms. The van der Waals surface area contributed by atoms with E-state index >= 15 is 0 Å². The Kier molecular flexibility index (Phi) is 6.56. The van der Waals surface area contributed by atoms with Crippen molar-refractivity contribution in [3.05, 3.63) is 35.9 Å². The van der Waals surface area contributed by atoms with Crippen molar-refractivity contribution in [1.82, 2.24) is 10.6 Å². The van der Waals surface area contributed by atoms with Crippen LogP contribution in [0.2, 0.25) is 0 Å². The summed E-state index contributed by atoms with van der Waals surface area (Å²) in [5.41, 5.74) is 0.279. The molecule has 6 nitrogen and oxygen atoms in total. The molecule has 0 aromatic heterocycles. The van der Waals surface area contributed by atoms with Crippen molar-refractivity contribution in [2.24, 2.45) is 0 Å². The minimum atomic E-state index is -0.666. The van der Waals surface area contributed by atoms with Gasteiger partial charge in [0.1, 0.15) is 6.04 Å². The molecular weight excluding hydrogens is 320 g/mol. The highest BCUT2D eigenvalue weighted by Crippen LogP contribution is 2.42. The second-order valence-electron chi connectivity index (χ2n) is 6.42. The van der Waals surface area contributed by atoms with E-state index < -0.39 is 17.4 Å². The van der Waals surface area contributed by atoms with Crippen LogP contribution in [-0.4, -0.2) is 37.0 Å². The van der Waals surface area contributed by atoms with Crippen molar-refractivity contribution in [2.45, 2.75) is 51.0 Å². The highest BCUT2D eigenvalue weighted by molar-refractivity contribution is 5.90. The second-order valence-corrected chi connectivity index (χ2v) is 6.42. The molecule has 1 atom stereocenters. The van der Waals surface area contributed by atoms with Crippen molar-refractivity contribution in [1.29, 1.82) is 0 Å². The number of ether oxygens (including phenoxy) is 1. The summed E-state index contributed by atoms with van der Waals surface area (Å²) in [5, 5.41) is 5.16. The quantitative estimate of drug-likeness (QED) is 0.736. The maximum absolute atomic E-state index is 12.7. The first kappa shape index (κ1) is 19.0. The molecule has 1 aromatic carbocycles. The topological polar surface area (TPSA) is 84.5 Å². The molecule has 136 valence electrons. The number of carbonyl (C=O) groups excluding carboxylic acids is 3. The first-order valence-electron chi connectivity index (χ1n) is 8.79. The van der Waals surface area contributed by atoms with Crippen LogP contribution in [0.1, 0.15) is 45.1 Å². The van der Waals surface area contributed by atoms with Crippen LogP contribution in [-0.2, 0) is 24.5 Å². The Morgan fingerprint density at radius 3 is 2.40 bits per heavy atom. The van der Waals surface area contributed by atoms with E-state index in [1.165, 1.54) is 0 Å². The lowest BCUT2D eigenvalue weighted by Crippen LogP contribution is -2.46. The van der Waals surface area contributed by atoms with Gasteiger partial charge < -0.3 is 15.4 Å². The van der Waals surface area contributed by atoms with Crippen LogP contribution >= 0.6 is 0 Å². The standard InChI is InChI=1S/C19H26N2O4/c1-3-20-17(23)14(2)21-16(22)13-25-18(24)19(11-7-8-12-19)15-9-5-4-6-10-15/h4-6,9-10,14H,3,7-8,11-13H2,1-2H3,(H,20,23)(H,21,22)/t14-/m0/s1. The molecule has 0 heterocycles. The third kappa shape index (κ3) is 4.59. The number of likely N-dealkylation sites (N-methyl/N-ethyl adjacent to an activating group) is 1. The second kappa shape index (κ2) is 8.65. The first-order chi connectivity index (χ1) is 12.0. The number of esters is 1. The summed E-state index contributed by atoms with van der Waals surface area (Å²) in [4.78, 5) is 36.3. The fourth-order valence-electron chi connectivity index (χ4n) is 3.29. The van der Waals surface area contributed by atoms with Gasteiger partial charge in [-0.25, -0.2) is 0 Å². The number of benzene rings is 1. The van der Waals surface area contributed by atoms with Crippen LogP contribution in [0.4, 0.5) is 0 Å². The van der Waals surface area contributed by atoms with Crippen LogP contribution in [0.3, 0.4) is 0 Å². The zero-order valence-electron chi connectivity index (χ0n) is 14.8. The number of hydrogen-bond donors (Lipinski definition) is 2. The Morgan fingerprint density at radius 2 is 1.80 bits per heavy atom. The summed E-state index contributed by atoms with van der Waals surface area (Å²) in [5.74, 6) is -1.11. The summed E-state index contributed by atoms with van der Waals surface area (Å²) in [7, 11) is 0. The van der Waals surface area contributed by atoms with Crippen LogP contribution < -0.4 is 10.6 Å². The minimum absolute atomic E-state index is 0.265. The van der Waals surface area contributed by atoms with Crippen molar-refractivity contribution in [2.75, 3.05) is 13.2 Å². The molecule has 0 radical (unpaired) electrons. The maximum Gasteiger partial charge on any atom is 0.317 e. The number of amides is 2. The fourth-order valence-corrected chi connectivity index (χ4v) is 3.29. The van der Waals surface area contributed by atoms with E-state index in [1.807, 2.05) is 30.3 Å². The predicted molar refractivity (Wildman–Crippen MR) is 93.8 cm³/mol. The fraction of sp³-hybridized carbons (Fsp3) is 0.526. The molecule has 1 saturated carbocycles. The summed E-state index contributed by atoms with van der Waals surface area (Å²) in [6.07, 6.45) is 3.38. The van der Waals surface area contributed by atoms with Gasteiger partial charge in [-0.3, -0.25) is 14.4 Å². The predicted octanol–water partition coefficient (Wildman–Crippen LogP) is 1.68. The molecule has 1 aromatic rings. The van der Waals surface area contributed by atoms with Crippen LogP contribution in [0, 0.1) is 0 Å². The van der Waals surface area contributed by atoms with E-state index in [-0.39, 0.29) is 18.5 Å². The largest absolute Gasteiger partial charge is 0.455 e. The van der Waals surface area contributed by atoms with E-state index in [4.69, 9.17) is 4.74 Å². The molecule has 0 unspecified atom stereocenters. The molecule has 0 spiro atoms. The molecule has 25 heavy (non-hydrogen) atoms. The summed E-state index contributed by atoms with van der Waals surface area (Å²) in [6.45, 7) is 3.51. The van der Waals surface area contributed by atoms with Crippen molar-refractivity contribution in [3.63, 3.8) is 0 Å². The molecule has 0 saturated heterocycles. The highest BCUT2D eigenvalue weighted by atomic mass is 16.5. The molecule has 0 bridgehead atoms. The lowest BCUT2D eigenvalue weighted by Gasteiger charge is -2.27. The van der Waals surface area contributed by atoms with Crippen LogP contribution in [0.5, 0.6) is 0 Å². The minimum Gasteiger partial charge on any atom is -0.455 e. The van der Waals surface area contributed by atoms with Crippen LogP contribution in [0.25, 0.3) is 0 Å². The zero-order chi connectivity index (χ0) is 18.3. The van der Waals surface area contributed by atoms with Gasteiger partial charge >= 0.3 is 5.97 Å². The van der Waals surface area contributed by atoms with Gasteiger partial charge in [-0.2, -0.15) is 0 Å². The first-order valence-corrected chi connectivity index (χ1v) is 8.79. The molecule has 2 N–H and O–H groups in total. The molecule has 1 aliphatic carbocycles. The van der Waals surface area contributed by atoms with Gasteiger partial charge in [0, 0.05) is 6.54 Å². The molecule has 1 fully saturated rings. The molecule has 1 aliphatic rings. The van der Waals surface area contributed by atoms with Gasteiger partial charge in [-0.15, -0.1) is 0 Å². The molecular formula is C19H26N2O4. The van der Waals surface area contributed by atoms with Gasteiger partial charge in [0.05, 0.1) is 5.41 Å². The zero-order valence-corrected chi connectivity index (χ0v) is 14.8. The molecule has 2 amide bonds. The summed E-state index contributed by atoms with van der Waals surface area (Å²) < 4.78 is 5.30. The van der Waals surface area contributed by atoms with Gasteiger partial charge in [-0.1, -0.05) is 43.2 Å². The molecule has 0 aliphatic heterocycles. The summed E-state index contributed by atoms with van der Waals surface area (Å²) >= 11 is 0. The Hall–Kier alpha value is -2.37. The number of nitrogens with one attached hydrogen (secondary N) is 2. The van der Waals surface area contributed by atoms with Gasteiger partial charge in [0.25, 0.3) is 5.91 Å². The SMILES string of the molecule is CCNC(=O)[C@H](C)NC(=O)COC(=O)C1(c2ccccc2)CCCC1. The lowest BCUT2D eigenvalue weighted by molar-refractivity contribution is -0.154. The van der Waals surface area contributed by atoms with E-state index in [0.717, 1.165) is 31.2 Å². The third-order valence-electron chi connectivity index (χ3n) is 4.63. The summed E-state index contributed by atoms with van der Waals surface area (Å²) in [6, 6.07) is 8.93. The number of hydrogen-bond acceptors (Lipinski definition) is 4. The average molecular weight is 346 g/mol. The Bertz CT molecular complexity index is 609. The maximum atomic E-state index is 12.7. The van der Waals surface area contributed by atoms with Crippen LogP contribution in [0.15, 0.2) is 30.3 Å². The lowest BCUT2D eigenvalue weighted by atomic mass is 9.79. The van der Waals surface area contributed by atoms with Crippen molar-refractivity contribution < 1.29 is 19.1 Å². The van der Waals surface area contributed by atoms with E-state index in [2.05, 4.69) is 10.6 Å². The van der Waals surface area contributed by atoms with Crippen molar-refractivity contribution >= 4 is 17.8 Å². The third-order valence-corrected chi connectivity index (χ3v) is 4.63. The Labute approximate surface area is 148 Å². The van der Waals surface area contributed by atoms with E-state index in [0.29, 0.717) is 6.54 Å². The van der Waals surface area contributed by atoms with Gasteiger partial charge in [-0.05, 0) is 32.3 Å². The monoisotopic (exact) mass is 346 g/mol. The highest BCUT2D eigenvalue weighted by Gasteiger charge is 2.44. The number of rotatable bonds is 7. The normalized spacial score (nSPS) is 16.7. The smallest absolute Gasteiger partial charge is 0.317 e. The van der Waals surface area contributed by atoms with E-state index in [1.54, 1.807) is 13.8 Å². The average Bonchev–Trinajstić information content (AvgIpc) is 3.11. The number of carbonyl (C=O) groups is 3.